The predicted octanol–water partition coefficient (Wildman–Crippen LogP) is 1.88. The highest BCUT2D eigenvalue weighted by molar-refractivity contribution is 7.89. The molecule has 1 N–H and O–H groups in total. The number of esters is 1. The maximum absolute atomic E-state index is 12.1. The Kier molecular flexibility index (Phi) is 5.34. The lowest BCUT2D eigenvalue weighted by molar-refractivity contribution is -0.144. The lowest BCUT2D eigenvalue weighted by atomic mass is 10.2. The Hall–Kier alpha value is -1.11. The Bertz CT molecular complexity index is 571. The van der Waals surface area contributed by atoms with Gasteiger partial charge in [0.1, 0.15) is 6.04 Å². The second-order valence-electron chi connectivity index (χ2n) is 3.96. The maximum atomic E-state index is 12.1. The molecule has 0 fully saturated rings. The molecule has 1 atom stereocenters. The highest BCUT2D eigenvalue weighted by atomic mass is 35.5. The number of nitrogens with one attached hydrogen (secondary N) is 1. The van der Waals surface area contributed by atoms with E-state index in [4.69, 9.17) is 16.3 Å². The van der Waals surface area contributed by atoms with E-state index in [1.54, 1.807) is 26.0 Å². The summed E-state index contributed by atoms with van der Waals surface area (Å²) in [4.78, 5) is 11.5. The van der Waals surface area contributed by atoms with E-state index in [1.165, 1.54) is 13.0 Å². The molecule has 0 spiro atoms. The van der Waals surface area contributed by atoms with E-state index in [0.29, 0.717) is 10.6 Å². The summed E-state index contributed by atoms with van der Waals surface area (Å²) in [5.74, 6) is -0.620. The molecule has 0 aliphatic rings. The van der Waals surface area contributed by atoms with Crippen molar-refractivity contribution in [2.75, 3.05) is 6.61 Å². The Morgan fingerprint density at radius 1 is 1.47 bits per heavy atom. The number of rotatable bonds is 5. The van der Waals surface area contributed by atoms with Crippen LogP contribution in [-0.2, 0) is 19.6 Å². The van der Waals surface area contributed by atoms with Crippen molar-refractivity contribution in [2.45, 2.75) is 31.7 Å². The van der Waals surface area contributed by atoms with Gasteiger partial charge in [-0.3, -0.25) is 4.79 Å². The third kappa shape index (κ3) is 3.92. The van der Waals surface area contributed by atoms with Crippen LogP contribution in [0.25, 0.3) is 0 Å². The van der Waals surface area contributed by atoms with Crippen LogP contribution in [0.3, 0.4) is 0 Å². The van der Waals surface area contributed by atoms with Gasteiger partial charge < -0.3 is 4.74 Å². The molecule has 0 heterocycles. The van der Waals surface area contributed by atoms with Crippen molar-refractivity contribution in [1.29, 1.82) is 0 Å². The molecule has 0 aliphatic carbocycles. The van der Waals surface area contributed by atoms with E-state index in [9.17, 15) is 13.2 Å². The van der Waals surface area contributed by atoms with Crippen LogP contribution < -0.4 is 4.72 Å². The van der Waals surface area contributed by atoms with Gasteiger partial charge in [-0.1, -0.05) is 17.7 Å². The van der Waals surface area contributed by atoms with E-state index in [0.717, 1.165) is 0 Å². The zero-order valence-electron chi connectivity index (χ0n) is 10.9. The summed E-state index contributed by atoms with van der Waals surface area (Å²) >= 11 is 5.88. The largest absolute Gasteiger partial charge is 0.465 e. The monoisotopic (exact) mass is 305 g/mol. The number of hydrogen-bond acceptors (Lipinski definition) is 4. The van der Waals surface area contributed by atoms with Crippen LogP contribution in [0.4, 0.5) is 0 Å². The standard InChI is InChI=1S/C12H16ClNO4S/c1-4-18-12(15)9(3)14-19(16,17)11-7-5-6-10(13)8(11)2/h5-7,9,14H,4H2,1-3H3. The quantitative estimate of drug-likeness (QED) is 0.843. The van der Waals surface area contributed by atoms with Crippen LogP contribution in [0.2, 0.25) is 5.02 Å². The first kappa shape index (κ1) is 15.9. The molecule has 0 saturated heterocycles. The molecule has 0 radical (unpaired) electrons. The van der Waals surface area contributed by atoms with Gasteiger partial charge in [-0.05, 0) is 38.5 Å². The smallest absolute Gasteiger partial charge is 0.323 e. The van der Waals surface area contributed by atoms with Crippen LogP contribution in [-0.4, -0.2) is 27.0 Å². The lowest BCUT2D eigenvalue weighted by Gasteiger charge is -2.14. The average molecular weight is 306 g/mol. The molecule has 7 heteroatoms. The van der Waals surface area contributed by atoms with E-state index >= 15 is 0 Å². The molecule has 1 unspecified atom stereocenters. The first-order chi connectivity index (χ1) is 8.79. The summed E-state index contributed by atoms with van der Waals surface area (Å²) in [7, 11) is -3.81. The van der Waals surface area contributed by atoms with Gasteiger partial charge in [-0.15, -0.1) is 0 Å². The van der Waals surface area contributed by atoms with Crippen LogP contribution in [0.5, 0.6) is 0 Å². The Morgan fingerprint density at radius 2 is 2.11 bits per heavy atom. The predicted molar refractivity (Wildman–Crippen MR) is 72.6 cm³/mol. The summed E-state index contributed by atoms with van der Waals surface area (Å²) in [5.41, 5.74) is 0.438. The van der Waals surface area contributed by atoms with Crippen molar-refractivity contribution in [1.82, 2.24) is 4.72 Å². The van der Waals surface area contributed by atoms with Crippen LogP contribution in [0.1, 0.15) is 19.4 Å². The highest BCUT2D eigenvalue weighted by Crippen LogP contribution is 2.22. The molecular weight excluding hydrogens is 290 g/mol. The van der Waals surface area contributed by atoms with E-state index in [-0.39, 0.29) is 11.5 Å². The summed E-state index contributed by atoms with van der Waals surface area (Å²) in [6.07, 6.45) is 0. The molecule has 106 valence electrons. The number of benzene rings is 1. The zero-order chi connectivity index (χ0) is 14.6. The minimum Gasteiger partial charge on any atom is -0.465 e. The van der Waals surface area contributed by atoms with Crippen molar-refractivity contribution >= 4 is 27.6 Å². The van der Waals surface area contributed by atoms with Gasteiger partial charge in [-0.2, -0.15) is 4.72 Å². The van der Waals surface area contributed by atoms with Crippen molar-refractivity contribution in [2.24, 2.45) is 0 Å². The Morgan fingerprint density at radius 3 is 2.68 bits per heavy atom. The first-order valence-corrected chi connectivity index (χ1v) is 7.59. The summed E-state index contributed by atoms with van der Waals surface area (Å²) in [5, 5.41) is 0.353. The van der Waals surface area contributed by atoms with Crippen molar-refractivity contribution in [3.05, 3.63) is 28.8 Å². The van der Waals surface area contributed by atoms with Gasteiger partial charge in [0.15, 0.2) is 0 Å². The van der Waals surface area contributed by atoms with Crippen molar-refractivity contribution < 1.29 is 17.9 Å². The fourth-order valence-electron chi connectivity index (χ4n) is 1.49. The molecule has 1 aromatic rings. The molecule has 19 heavy (non-hydrogen) atoms. The highest BCUT2D eigenvalue weighted by Gasteiger charge is 2.24. The fraction of sp³-hybridized carbons (Fsp3) is 0.417. The third-order valence-corrected chi connectivity index (χ3v) is 4.57. The number of hydrogen-bond donors (Lipinski definition) is 1. The van der Waals surface area contributed by atoms with E-state index < -0.39 is 22.0 Å². The molecule has 0 amide bonds. The summed E-state index contributed by atoms with van der Waals surface area (Å²) in [6.45, 7) is 4.88. The topological polar surface area (TPSA) is 72.5 Å². The number of sulfonamides is 1. The summed E-state index contributed by atoms with van der Waals surface area (Å²) < 4.78 is 31.3. The molecule has 0 saturated carbocycles. The molecule has 0 aliphatic heterocycles. The van der Waals surface area contributed by atoms with Crippen LogP contribution in [0.15, 0.2) is 23.1 Å². The van der Waals surface area contributed by atoms with Gasteiger partial charge in [0.05, 0.1) is 11.5 Å². The van der Waals surface area contributed by atoms with Gasteiger partial charge >= 0.3 is 5.97 Å². The third-order valence-electron chi connectivity index (χ3n) is 2.48. The van der Waals surface area contributed by atoms with Gasteiger partial charge in [0.2, 0.25) is 10.0 Å². The Balaban J connectivity index is 2.99. The number of ether oxygens (including phenoxy) is 1. The van der Waals surface area contributed by atoms with Gasteiger partial charge in [0, 0.05) is 5.02 Å². The van der Waals surface area contributed by atoms with Crippen molar-refractivity contribution in [3.8, 4) is 0 Å². The second-order valence-corrected chi connectivity index (χ2v) is 6.05. The Labute approximate surface area is 118 Å². The van der Waals surface area contributed by atoms with Gasteiger partial charge in [-0.25, -0.2) is 8.42 Å². The number of carbonyl (C=O) groups is 1. The normalized spacial score (nSPS) is 13.1. The molecule has 1 rings (SSSR count). The zero-order valence-corrected chi connectivity index (χ0v) is 12.5. The summed E-state index contributed by atoms with van der Waals surface area (Å²) in [6, 6.07) is 3.62. The molecule has 0 bridgehead atoms. The van der Waals surface area contributed by atoms with Gasteiger partial charge in [0.25, 0.3) is 0 Å². The lowest BCUT2D eigenvalue weighted by Crippen LogP contribution is -2.39. The molecule has 0 aromatic heterocycles. The molecular formula is C12H16ClNO4S. The SMILES string of the molecule is CCOC(=O)C(C)NS(=O)(=O)c1cccc(Cl)c1C. The second kappa shape index (κ2) is 6.36. The van der Waals surface area contributed by atoms with E-state index in [2.05, 4.69) is 4.72 Å². The minimum absolute atomic E-state index is 0.0520. The first-order valence-electron chi connectivity index (χ1n) is 5.73. The fourth-order valence-corrected chi connectivity index (χ4v) is 3.18. The minimum atomic E-state index is -3.81. The van der Waals surface area contributed by atoms with Crippen LogP contribution in [0, 0.1) is 6.92 Å². The van der Waals surface area contributed by atoms with Crippen LogP contribution >= 0.6 is 11.6 Å². The number of carbonyl (C=O) groups excluding carboxylic acids is 1. The van der Waals surface area contributed by atoms with Crippen molar-refractivity contribution in [3.63, 3.8) is 0 Å². The number of halogens is 1. The molecule has 5 nitrogen and oxygen atoms in total. The maximum Gasteiger partial charge on any atom is 0.323 e. The average Bonchev–Trinajstić information content (AvgIpc) is 2.32. The molecule has 1 aromatic carbocycles. The van der Waals surface area contributed by atoms with E-state index in [1.807, 2.05) is 0 Å².